The lowest BCUT2D eigenvalue weighted by atomic mass is 9.85. The van der Waals surface area contributed by atoms with Gasteiger partial charge in [0, 0.05) is 6.42 Å². The zero-order valence-electron chi connectivity index (χ0n) is 13.4. The molecule has 1 aliphatic rings. The van der Waals surface area contributed by atoms with Crippen molar-refractivity contribution in [3.63, 3.8) is 0 Å². The highest BCUT2D eigenvalue weighted by atomic mass is 16.2. The molecule has 0 heterocycles. The molecule has 0 aliphatic heterocycles. The molecule has 1 N–H and O–H groups in total. The van der Waals surface area contributed by atoms with Crippen LogP contribution in [0.2, 0.25) is 0 Å². The van der Waals surface area contributed by atoms with Crippen LogP contribution in [0.4, 0.5) is 0 Å². The summed E-state index contributed by atoms with van der Waals surface area (Å²) < 4.78 is 0. The van der Waals surface area contributed by atoms with Crippen molar-refractivity contribution in [1.82, 2.24) is 5.43 Å². The molecule has 0 spiro atoms. The van der Waals surface area contributed by atoms with Crippen LogP contribution in [0.25, 0.3) is 0 Å². The molecule has 0 aromatic heterocycles. The van der Waals surface area contributed by atoms with Gasteiger partial charge in [-0.15, -0.1) is 0 Å². The maximum atomic E-state index is 11.9. The maximum Gasteiger partial charge on any atom is 0.240 e. The molecule has 1 aromatic carbocycles. The molecule has 2 rings (SSSR count). The molecule has 1 aliphatic carbocycles. The normalized spacial score (nSPS) is 19.6. The van der Waals surface area contributed by atoms with Gasteiger partial charge in [-0.25, -0.2) is 5.43 Å². The molecule has 0 unspecified atom stereocenters. The lowest BCUT2D eigenvalue weighted by Crippen LogP contribution is -2.23. The van der Waals surface area contributed by atoms with Gasteiger partial charge in [0.25, 0.3) is 0 Å². The molecular weight excluding hydrogens is 272 g/mol. The van der Waals surface area contributed by atoms with Crippen molar-refractivity contribution in [2.45, 2.75) is 39.5 Å². The third kappa shape index (κ3) is 4.69. The zero-order chi connectivity index (χ0) is 15.9. The van der Waals surface area contributed by atoms with Gasteiger partial charge in [-0.3, -0.25) is 4.79 Å². The molecule has 1 aromatic rings. The van der Waals surface area contributed by atoms with Crippen LogP contribution in [-0.4, -0.2) is 11.6 Å². The molecule has 0 radical (unpaired) electrons. The topological polar surface area (TPSA) is 41.5 Å². The smallest absolute Gasteiger partial charge is 0.240 e. The Kier molecular flexibility index (Phi) is 5.70. The molecule has 1 amide bonds. The number of carbonyl (C=O) groups excluding carboxylic acids is 1. The quantitative estimate of drug-likeness (QED) is 0.647. The van der Waals surface area contributed by atoms with Crippen LogP contribution in [0, 0.1) is 5.92 Å². The van der Waals surface area contributed by atoms with E-state index in [2.05, 4.69) is 30.1 Å². The third-order valence-electron chi connectivity index (χ3n) is 4.10. The van der Waals surface area contributed by atoms with E-state index in [9.17, 15) is 4.79 Å². The van der Waals surface area contributed by atoms with Crippen LogP contribution in [0.1, 0.15) is 38.7 Å². The minimum absolute atomic E-state index is 0.0402. The molecule has 3 heteroatoms. The number of nitrogens with one attached hydrogen (secondary N) is 1. The Balaban J connectivity index is 1.87. The summed E-state index contributed by atoms with van der Waals surface area (Å²) in [5.41, 5.74) is 7.15. The van der Waals surface area contributed by atoms with Crippen molar-refractivity contribution >= 4 is 11.6 Å². The van der Waals surface area contributed by atoms with Gasteiger partial charge in [-0.2, -0.15) is 5.10 Å². The largest absolute Gasteiger partial charge is 0.273 e. The van der Waals surface area contributed by atoms with Gasteiger partial charge in [0.1, 0.15) is 0 Å². The lowest BCUT2D eigenvalue weighted by molar-refractivity contribution is -0.121. The SMILES string of the molecule is C=C(C)[C@@H]1CC=C(C)/C(=N\NC(=O)CCc2ccccc2)C1. The number of hydrogen-bond acceptors (Lipinski definition) is 2. The van der Waals surface area contributed by atoms with E-state index in [1.807, 2.05) is 37.3 Å². The summed E-state index contributed by atoms with van der Waals surface area (Å²) in [7, 11) is 0. The lowest BCUT2D eigenvalue weighted by Gasteiger charge is -2.22. The molecule has 0 bridgehead atoms. The van der Waals surface area contributed by atoms with Crippen molar-refractivity contribution in [2.24, 2.45) is 11.0 Å². The minimum atomic E-state index is -0.0402. The first-order valence-electron chi connectivity index (χ1n) is 7.78. The second-order valence-corrected chi connectivity index (χ2v) is 5.95. The molecule has 0 fully saturated rings. The molecule has 0 saturated carbocycles. The van der Waals surface area contributed by atoms with E-state index in [4.69, 9.17) is 0 Å². The summed E-state index contributed by atoms with van der Waals surface area (Å²) >= 11 is 0. The van der Waals surface area contributed by atoms with E-state index < -0.39 is 0 Å². The maximum absolute atomic E-state index is 11.9. The van der Waals surface area contributed by atoms with Crippen LogP contribution in [-0.2, 0) is 11.2 Å². The fourth-order valence-electron chi connectivity index (χ4n) is 2.51. The number of rotatable bonds is 5. The summed E-state index contributed by atoms with van der Waals surface area (Å²) in [6, 6.07) is 10.0. The van der Waals surface area contributed by atoms with Gasteiger partial charge in [0.05, 0.1) is 5.71 Å². The van der Waals surface area contributed by atoms with Gasteiger partial charge in [-0.05, 0) is 50.2 Å². The van der Waals surface area contributed by atoms with Crippen LogP contribution in [0.15, 0.2) is 59.2 Å². The van der Waals surface area contributed by atoms with Crippen molar-refractivity contribution in [3.8, 4) is 0 Å². The number of nitrogens with zero attached hydrogens (tertiary/aromatic N) is 1. The summed E-state index contributed by atoms with van der Waals surface area (Å²) in [6.45, 7) is 8.12. The highest BCUT2D eigenvalue weighted by Gasteiger charge is 2.18. The molecular formula is C19H24N2O. The standard InChI is InChI=1S/C19H24N2O/c1-14(2)17-11-9-15(3)18(13-17)20-21-19(22)12-10-16-7-5-4-6-8-16/h4-9,17H,1,10-13H2,2-3H3,(H,21,22)/b20-18-/t17-/m1/s1. The van der Waals surface area contributed by atoms with E-state index >= 15 is 0 Å². The number of hydrogen-bond donors (Lipinski definition) is 1. The van der Waals surface area contributed by atoms with Crippen LogP contribution in [0.3, 0.4) is 0 Å². The Morgan fingerprint density at radius 2 is 2.09 bits per heavy atom. The first-order chi connectivity index (χ1) is 10.6. The van der Waals surface area contributed by atoms with E-state index in [0.717, 1.165) is 30.5 Å². The van der Waals surface area contributed by atoms with Crippen molar-refractivity contribution in [3.05, 3.63) is 59.7 Å². The van der Waals surface area contributed by atoms with Crippen LogP contribution >= 0.6 is 0 Å². The molecule has 0 saturated heterocycles. The van der Waals surface area contributed by atoms with Crippen molar-refractivity contribution in [2.75, 3.05) is 0 Å². The second-order valence-electron chi connectivity index (χ2n) is 5.95. The average Bonchev–Trinajstić information content (AvgIpc) is 2.53. The van der Waals surface area contributed by atoms with Gasteiger partial charge < -0.3 is 0 Å². The Bertz CT molecular complexity index is 599. The zero-order valence-corrected chi connectivity index (χ0v) is 13.4. The number of benzene rings is 1. The summed E-state index contributed by atoms with van der Waals surface area (Å²) in [6.07, 6.45) is 5.24. The fourth-order valence-corrected chi connectivity index (χ4v) is 2.51. The highest BCUT2D eigenvalue weighted by molar-refractivity contribution is 6.01. The fraction of sp³-hybridized carbons (Fsp3) is 0.368. The van der Waals surface area contributed by atoms with E-state index in [1.165, 1.54) is 11.1 Å². The highest BCUT2D eigenvalue weighted by Crippen LogP contribution is 2.26. The predicted octanol–water partition coefficient (Wildman–Crippen LogP) is 4.02. The van der Waals surface area contributed by atoms with Crippen molar-refractivity contribution in [1.29, 1.82) is 0 Å². The number of allylic oxidation sites excluding steroid dienone is 3. The van der Waals surface area contributed by atoms with Gasteiger partial charge in [0.2, 0.25) is 5.91 Å². The molecule has 3 nitrogen and oxygen atoms in total. The first kappa shape index (κ1) is 16.2. The Morgan fingerprint density at radius 3 is 2.77 bits per heavy atom. The molecule has 22 heavy (non-hydrogen) atoms. The average molecular weight is 296 g/mol. The van der Waals surface area contributed by atoms with E-state index in [1.54, 1.807) is 0 Å². The number of hydrazone groups is 1. The second kappa shape index (κ2) is 7.74. The van der Waals surface area contributed by atoms with Gasteiger partial charge in [-0.1, -0.05) is 48.6 Å². The third-order valence-corrected chi connectivity index (χ3v) is 4.10. The Labute approximate surface area is 132 Å². The molecule has 116 valence electrons. The monoisotopic (exact) mass is 296 g/mol. The van der Waals surface area contributed by atoms with Crippen molar-refractivity contribution < 1.29 is 4.79 Å². The first-order valence-corrected chi connectivity index (χ1v) is 7.78. The summed E-state index contributed by atoms with van der Waals surface area (Å²) in [4.78, 5) is 11.9. The Hall–Kier alpha value is -2.16. The molecule has 1 atom stereocenters. The van der Waals surface area contributed by atoms with Crippen LogP contribution in [0.5, 0.6) is 0 Å². The van der Waals surface area contributed by atoms with E-state index in [0.29, 0.717) is 12.3 Å². The van der Waals surface area contributed by atoms with Crippen LogP contribution < -0.4 is 5.43 Å². The predicted molar refractivity (Wildman–Crippen MR) is 91.6 cm³/mol. The van der Waals surface area contributed by atoms with E-state index in [-0.39, 0.29) is 5.91 Å². The van der Waals surface area contributed by atoms with Gasteiger partial charge in [0.15, 0.2) is 0 Å². The number of carbonyl (C=O) groups is 1. The number of amides is 1. The summed E-state index contributed by atoms with van der Waals surface area (Å²) in [5.74, 6) is 0.394. The summed E-state index contributed by atoms with van der Waals surface area (Å²) in [5, 5.41) is 4.32. The van der Waals surface area contributed by atoms with Gasteiger partial charge >= 0.3 is 0 Å². The Morgan fingerprint density at radius 1 is 1.36 bits per heavy atom. The number of aryl methyl sites for hydroxylation is 1. The minimum Gasteiger partial charge on any atom is -0.273 e.